The molecule has 3 aromatic rings. The van der Waals surface area contributed by atoms with Crippen LogP contribution < -0.4 is 19.5 Å². The van der Waals surface area contributed by atoms with Crippen LogP contribution in [-0.4, -0.2) is 43.0 Å². The van der Waals surface area contributed by atoms with Gasteiger partial charge in [0.05, 0.1) is 27.1 Å². The highest BCUT2D eigenvalue weighted by Gasteiger charge is 2.15. The monoisotopic (exact) mass is 389 g/mol. The van der Waals surface area contributed by atoms with Crippen LogP contribution in [0.2, 0.25) is 0 Å². The topological polar surface area (TPSA) is 95.7 Å². The van der Waals surface area contributed by atoms with Crippen molar-refractivity contribution in [2.24, 2.45) is 0 Å². The van der Waals surface area contributed by atoms with Crippen LogP contribution in [0.4, 0.5) is 5.69 Å². The number of benzene rings is 1. The first-order valence-corrected chi connectivity index (χ1v) is 8.99. The molecule has 2 aromatic heterocycles. The maximum Gasteiger partial charge on any atom is 0.258 e. The van der Waals surface area contributed by atoms with E-state index in [1.807, 2.05) is 19.1 Å². The molecular formula is C18H19N3O5S. The Labute approximate surface area is 160 Å². The van der Waals surface area contributed by atoms with E-state index in [4.69, 9.17) is 18.6 Å². The minimum atomic E-state index is -0.222. The number of anilines is 1. The van der Waals surface area contributed by atoms with Gasteiger partial charge in [0.2, 0.25) is 11.7 Å². The van der Waals surface area contributed by atoms with Gasteiger partial charge in [-0.2, -0.15) is 4.98 Å². The molecular weight excluding hydrogens is 370 g/mol. The highest BCUT2D eigenvalue weighted by atomic mass is 32.2. The Hall–Kier alpha value is -2.94. The number of pyridine rings is 1. The Kier molecular flexibility index (Phi) is 5.70. The number of thioether (sulfide) groups is 1. The highest BCUT2D eigenvalue weighted by molar-refractivity contribution is 7.99. The maximum atomic E-state index is 12.3. The second-order valence-corrected chi connectivity index (χ2v) is 6.43. The fourth-order valence-corrected chi connectivity index (χ4v) is 3.06. The molecule has 27 heavy (non-hydrogen) atoms. The first-order chi connectivity index (χ1) is 13.0. The summed E-state index contributed by atoms with van der Waals surface area (Å²) >= 11 is 1.19. The van der Waals surface area contributed by atoms with E-state index >= 15 is 0 Å². The van der Waals surface area contributed by atoms with Crippen molar-refractivity contribution in [3.8, 4) is 17.2 Å². The van der Waals surface area contributed by atoms with Gasteiger partial charge >= 0.3 is 0 Å². The third kappa shape index (κ3) is 4.25. The molecule has 9 heteroatoms. The largest absolute Gasteiger partial charge is 0.493 e. The summed E-state index contributed by atoms with van der Waals surface area (Å²) in [4.78, 5) is 20.8. The highest BCUT2D eigenvalue weighted by Crippen LogP contribution is 2.40. The standard InChI is InChI=1S/C18H19N3O5S/c1-10-5-6-12-17(19-10)21-18(26-12)27-9-15(22)20-11-7-13(23-2)16(25-4)14(8-11)24-3/h5-8H,9H2,1-4H3,(H,20,22). The average Bonchev–Trinajstić information content (AvgIpc) is 3.07. The summed E-state index contributed by atoms with van der Waals surface area (Å²) in [7, 11) is 4.55. The molecule has 0 aliphatic carbocycles. The number of nitrogens with one attached hydrogen (secondary N) is 1. The van der Waals surface area contributed by atoms with Crippen molar-refractivity contribution in [3.63, 3.8) is 0 Å². The summed E-state index contributed by atoms with van der Waals surface area (Å²) in [5.41, 5.74) is 2.51. The number of amides is 1. The van der Waals surface area contributed by atoms with E-state index in [0.717, 1.165) is 5.69 Å². The lowest BCUT2D eigenvalue weighted by Crippen LogP contribution is -2.14. The van der Waals surface area contributed by atoms with Gasteiger partial charge in [0.15, 0.2) is 22.7 Å². The first kappa shape index (κ1) is 18.8. The van der Waals surface area contributed by atoms with E-state index in [0.29, 0.717) is 39.4 Å². The summed E-state index contributed by atoms with van der Waals surface area (Å²) in [6.45, 7) is 1.88. The Morgan fingerprint density at radius 3 is 2.44 bits per heavy atom. The summed E-state index contributed by atoms with van der Waals surface area (Å²) in [6.07, 6.45) is 0. The van der Waals surface area contributed by atoms with Crippen LogP contribution >= 0.6 is 11.8 Å². The summed E-state index contributed by atoms with van der Waals surface area (Å²) in [6, 6.07) is 6.98. The SMILES string of the molecule is COc1cc(NC(=O)CSc2nc3nc(C)ccc3o2)cc(OC)c1OC. The van der Waals surface area contributed by atoms with E-state index in [1.165, 1.54) is 33.1 Å². The molecule has 0 bridgehead atoms. The minimum Gasteiger partial charge on any atom is -0.493 e. The van der Waals surface area contributed by atoms with Crippen LogP contribution in [-0.2, 0) is 4.79 Å². The number of hydrogen-bond donors (Lipinski definition) is 1. The van der Waals surface area contributed by atoms with Crippen LogP contribution in [0.15, 0.2) is 33.9 Å². The van der Waals surface area contributed by atoms with Crippen LogP contribution in [0, 0.1) is 6.92 Å². The normalized spacial score (nSPS) is 10.7. The lowest BCUT2D eigenvalue weighted by molar-refractivity contribution is -0.113. The zero-order valence-corrected chi connectivity index (χ0v) is 16.2. The fraction of sp³-hybridized carbons (Fsp3) is 0.278. The van der Waals surface area contributed by atoms with E-state index < -0.39 is 0 Å². The van der Waals surface area contributed by atoms with Crippen molar-refractivity contribution < 1.29 is 23.4 Å². The number of aryl methyl sites for hydroxylation is 1. The number of carbonyl (C=O) groups excluding carboxylic acids is 1. The van der Waals surface area contributed by atoms with E-state index in [2.05, 4.69) is 15.3 Å². The van der Waals surface area contributed by atoms with Gasteiger partial charge in [0, 0.05) is 23.5 Å². The van der Waals surface area contributed by atoms with Crippen molar-refractivity contribution >= 4 is 34.6 Å². The molecule has 8 nitrogen and oxygen atoms in total. The zero-order valence-electron chi connectivity index (χ0n) is 15.4. The molecule has 0 unspecified atom stereocenters. The van der Waals surface area contributed by atoms with E-state index in [1.54, 1.807) is 12.1 Å². The van der Waals surface area contributed by atoms with Crippen molar-refractivity contribution in [1.82, 2.24) is 9.97 Å². The lowest BCUT2D eigenvalue weighted by atomic mass is 10.2. The third-order valence-electron chi connectivity index (χ3n) is 3.65. The molecule has 1 N–H and O–H groups in total. The number of ether oxygens (including phenoxy) is 3. The van der Waals surface area contributed by atoms with Crippen LogP contribution in [0.1, 0.15) is 5.69 Å². The van der Waals surface area contributed by atoms with Gasteiger partial charge in [0.25, 0.3) is 5.22 Å². The Morgan fingerprint density at radius 2 is 1.81 bits per heavy atom. The predicted octanol–water partition coefficient (Wildman–Crippen LogP) is 3.29. The Morgan fingerprint density at radius 1 is 1.11 bits per heavy atom. The second kappa shape index (κ2) is 8.17. The van der Waals surface area contributed by atoms with Crippen molar-refractivity contribution in [1.29, 1.82) is 0 Å². The quantitative estimate of drug-likeness (QED) is 0.615. The molecule has 0 atom stereocenters. The molecule has 0 aliphatic heterocycles. The number of aromatic nitrogens is 2. The second-order valence-electron chi connectivity index (χ2n) is 5.51. The van der Waals surface area contributed by atoms with Crippen LogP contribution in [0.5, 0.6) is 17.2 Å². The summed E-state index contributed by atoms with van der Waals surface area (Å²) in [5, 5.41) is 3.19. The minimum absolute atomic E-state index is 0.127. The molecule has 0 saturated heterocycles. The van der Waals surface area contributed by atoms with Crippen molar-refractivity contribution in [2.45, 2.75) is 12.1 Å². The van der Waals surface area contributed by atoms with Crippen LogP contribution in [0.3, 0.4) is 0 Å². The first-order valence-electron chi connectivity index (χ1n) is 8.01. The van der Waals surface area contributed by atoms with Gasteiger partial charge in [0.1, 0.15) is 0 Å². The van der Waals surface area contributed by atoms with E-state index in [-0.39, 0.29) is 11.7 Å². The number of oxazole rings is 1. The number of fused-ring (bicyclic) bond motifs is 1. The number of nitrogens with zero attached hydrogens (tertiary/aromatic N) is 2. The molecule has 142 valence electrons. The fourth-order valence-electron chi connectivity index (χ4n) is 2.43. The van der Waals surface area contributed by atoms with Gasteiger partial charge in [-0.1, -0.05) is 11.8 Å². The molecule has 0 saturated carbocycles. The number of rotatable bonds is 7. The lowest BCUT2D eigenvalue weighted by Gasteiger charge is -2.14. The third-order valence-corrected chi connectivity index (χ3v) is 4.48. The van der Waals surface area contributed by atoms with Gasteiger partial charge < -0.3 is 23.9 Å². The number of methoxy groups -OCH3 is 3. The van der Waals surface area contributed by atoms with Crippen molar-refractivity contribution in [2.75, 3.05) is 32.4 Å². The predicted molar refractivity (Wildman–Crippen MR) is 102 cm³/mol. The van der Waals surface area contributed by atoms with Gasteiger partial charge in [-0.25, -0.2) is 4.98 Å². The number of carbonyl (C=O) groups is 1. The summed E-state index contributed by atoms with van der Waals surface area (Å²) in [5.74, 6) is 1.28. The molecule has 0 aliphatic rings. The molecule has 0 fully saturated rings. The number of hydrogen-bond acceptors (Lipinski definition) is 8. The van der Waals surface area contributed by atoms with Gasteiger partial charge in [-0.05, 0) is 19.1 Å². The average molecular weight is 389 g/mol. The molecule has 1 aromatic carbocycles. The van der Waals surface area contributed by atoms with E-state index in [9.17, 15) is 4.79 Å². The Bertz CT molecular complexity index is 948. The smallest absolute Gasteiger partial charge is 0.258 e. The van der Waals surface area contributed by atoms with Gasteiger partial charge in [-0.15, -0.1) is 0 Å². The molecule has 1 amide bonds. The molecule has 2 heterocycles. The molecule has 3 rings (SSSR count). The molecule has 0 spiro atoms. The zero-order chi connectivity index (χ0) is 19.4. The van der Waals surface area contributed by atoms with Crippen molar-refractivity contribution in [3.05, 3.63) is 30.0 Å². The van der Waals surface area contributed by atoms with Gasteiger partial charge in [-0.3, -0.25) is 4.79 Å². The molecule has 0 radical (unpaired) electrons. The summed E-state index contributed by atoms with van der Waals surface area (Å²) < 4.78 is 21.4. The Balaban J connectivity index is 1.68. The van der Waals surface area contributed by atoms with Crippen LogP contribution in [0.25, 0.3) is 11.2 Å². The maximum absolute atomic E-state index is 12.3.